The van der Waals surface area contributed by atoms with Gasteiger partial charge in [-0.25, -0.2) is 0 Å². The number of rotatable bonds is 2. The van der Waals surface area contributed by atoms with Crippen LogP contribution in [0.1, 0.15) is 6.42 Å². The van der Waals surface area contributed by atoms with Gasteiger partial charge >= 0.3 is 0 Å². The molecule has 0 amide bonds. The van der Waals surface area contributed by atoms with Crippen LogP contribution in [0, 0.1) is 5.92 Å². The van der Waals surface area contributed by atoms with E-state index in [1.807, 2.05) is 11.8 Å². The van der Waals surface area contributed by atoms with Gasteiger partial charge in [0.05, 0.1) is 12.0 Å². The molecule has 0 saturated carbocycles. The Balaban J connectivity index is 1.81. The smallest absolute Gasteiger partial charge is 0.134 e. The number of nitrogens with one attached hydrogen (secondary N) is 2. The summed E-state index contributed by atoms with van der Waals surface area (Å²) in [6.45, 7) is 0. The Labute approximate surface area is 81.5 Å². The van der Waals surface area contributed by atoms with Crippen LogP contribution in [0.25, 0.3) is 0 Å². The van der Waals surface area contributed by atoms with Crippen molar-refractivity contribution in [3.05, 3.63) is 0 Å². The largest absolute Gasteiger partial charge is 0.281 e. The first-order chi connectivity index (χ1) is 5.90. The average molecular weight is 209 g/mol. The molecule has 2 N–H and O–H groups in total. The number of halogens is 1. The molecule has 0 aromatic carbocycles. The van der Waals surface area contributed by atoms with E-state index < -0.39 is 0 Å². The van der Waals surface area contributed by atoms with Gasteiger partial charge in [-0.05, 0) is 17.9 Å². The Morgan fingerprint density at radius 1 is 1.58 bits per heavy atom. The quantitative estimate of drug-likeness (QED) is 0.657. The lowest BCUT2D eigenvalue weighted by Crippen LogP contribution is -2.38. The van der Waals surface area contributed by atoms with Gasteiger partial charge in [-0.3, -0.25) is 10.2 Å². The van der Waals surface area contributed by atoms with Crippen molar-refractivity contribution in [2.75, 3.05) is 17.4 Å². The first-order valence-electron chi connectivity index (χ1n) is 4.21. The molecule has 0 bridgehead atoms. The monoisotopic (exact) mass is 208 g/mol. The van der Waals surface area contributed by atoms with Gasteiger partial charge in [0.25, 0.3) is 0 Å². The van der Waals surface area contributed by atoms with Crippen LogP contribution in [-0.2, 0) is 4.84 Å². The summed E-state index contributed by atoms with van der Waals surface area (Å²) < 4.78 is 0. The number of hydrogen-bond acceptors (Lipinski definition) is 4. The van der Waals surface area contributed by atoms with E-state index in [1.165, 1.54) is 17.9 Å². The summed E-state index contributed by atoms with van der Waals surface area (Å²) in [6, 6.07) is 0. The van der Waals surface area contributed by atoms with E-state index in [-0.39, 0.29) is 12.4 Å². The maximum absolute atomic E-state index is 5.67. The maximum Gasteiger partial charge on any atom is 0.134 e. The summed E-state index contributed by atoms with van der Waals surface area (Å²) in [4.78, 5) is 5.38. The second-order valence-corrected chi connectivity index (χ2v) is 4.61. The molecular formula is C7H13ClN2OS. The van der Waals surface area contributed by atoms with Crippen LogP contribution in [0.4, 0.5) is 0 Å². The Bertz CT molecular complexity index is 154. The van der Waals surface area contributed by atoms with Crippen molar-refractivity contribution < 1.29 is 4.84 Å². The van der Waals surface area contributed by atoms with E-state index in [0.717, 1.165) is 0 Å². The Morgan fingerprint density at radius 3 is 3.08 bits per heavy atom. The number of alkyl halides is 1. The molecule has 0 spiro atoms. The average Bonchev–Trinajstić information content (AvgIpc) is 2.75. The van der Waals surface area contributed by atoms with E-state index in [1.54, 1.807) is 0 Å². The predicted molar refractivity (Wildman–Crippen MR) is 51.1 cm³/mol. The zero-order chi connectivity index (χ0) is 8.39. The van der Waals surface area contributed by atoms with Crippen LogP contribution < -0.4 is 10.8 Å². The van der Waals surface area contributed by atoms with Gasteiger partial charge < -0.3 is 0 Å². The first kappa shape index (κ1) is 9.09. The minimum atomic E-state index is 0.127. The Kier molecular flexibility index (Phi) is 3.15. The topological polar surface area (TPSA) is 33.3 Å². The van der Waals surface area contributed by atoms with Crippen LogP contribution in [0.15, 0.2) is 0 Å². The zero-order valence-electron chi connectivity index (χ0n) is 6.75. The van der Waals surface area contributed by atoms with Crippen LogP contribution in [0.5, 0.6) is 0 Å². The first-order valence-corrected chi connectivity index (χ1v) is 5.90. The fourth-order valence-corrected chi connectivity index (χ4v) is 2.95. The van der Waals surface area contributed by atoms with Gasteiger partial charge in [0, 0.05) is 5.92 Å². The molecule has 2 saturated heterocycles. The van der Waals surface area contributed by atoms with Gasteiger partial charge in [-0.15, -0.1) is 11.6 Å². The van der Waals surface area contributed by atoms with Gasteiger partial charge in [0.1, 0.15) is 6.23 Å². The molecular weight excluding hydrogens is 196 g/mol. The fourth-order valence-electron chi connectivity index (χ4n) is 1.52. The molecule has 2 rings (SSSR count). The van der Waals surface area contributed by atoms with E-state index in [0.29, 0.717) is 11.8 Å². The summed E-state index contributed by atoms with van der Waals surface area (Å²) in [5.74, 6) is 3.67. The molecule has 3 nitrogen and oxygen atoms in total. The van der Waals surface area contributed by atoms with Gasteiger partial charge in [-0.2, -0.15) is 17.2 Å². The molecule has 0 aromatic heterocycles. The summed E-state index contributed by atoms with van der Waals surface area (Å²) in [5.41, 5.74) is 2.88. The van der Waals surface area contributed by atoms with Crippen molar-refractivity contribution in [2.45, 2.75) is 18.8 Å². The second kappa shape index (κ2) is 4.15. The van der Waals surface area contributed by atoms with Crippen LogP contribution >= 0.6 is 23.4 Å². The molecule has 2 aliphatic heterocycles. The highest BCUT2D eigenvalue weighted by atomic mass is 35.5. The molecule has 0 radical (unpaired) electrons. The molecule has 5 heteroatoms. The highest BCUT2D eigenvalue weighted by molar-refractivity contribution is 7.99. The molecule has 12 heavy (non-hydrogen) atoms. The number of hydrogen-bond donors (Lipinski definition) is 2. The number of thioether (sulfide) groups is 1. The minimum absolute atomic E-state index is 0.127. The fraction of sp³-hybridized carbons (Fsp3) is 1.00. The van der Waals surface area contributed by atoms with Crippen LogP contribution in [0.3, 0.4) is 0 Å². The second-order valence-electron chi connectivity index (χ2n) is 3.15. The third-order valence-electron chi connectivity index (χ3n) is 2.25. The molecule has 2 heterocycles. The summed E-state index contributed by atoms with van der Waals surface area (Å²) in [7, 11) is 0. The standard InChI is InChI=1S/C7H13ClN2OS/c8-3-6-9-7(11-10-6)5-1-2-12-4-5/h5-7,9-10H,1-4H2. The van der Waals surface area contributed by atoms with Crippen LogP contribution in [0.2, 0.25) is 0 Å². The van der Waals surface area contributed by atoms with Crippen LogP contribution in [-0.4, -0.2) is 29.8 Å². The third kappa shape index (κ3) is 1.88. The highest BCUT2D eigenvalue weighted by Gasteiger charge is 2.32. The molecule has 2 fully saturated rings. The summed E-state index contributed by atoms with van der Waals surface area (Å²) in [5, 5.41) is 3.30. The van der Waals surface area contributed by atoms with Gasteiger partial charge in [-0.1, -0.05) is 0 Å². The lowest BCUT2D eigenvalue weighted by Gasteiger charge is -2.15. The van der Waals surface area contributed by atoms with Gasteiger partial charge in [0.2, 0.25) is 0 Å². The van der Waals surface area contributed by atoms with Gasteiger partial charge in [0.15, 0.2) is 0 Å². The maximum atomic E-state index is 5.67. The molecule has 3 atom stereocenters. The lowest BCUT2D eigenvalue weighted by molar-refractivity contribution is -0.00380. The van der Waals surface area contributed by atoms with E-state index in [9.17, 15) is 0 Å². The van der Waals surface area contributed by atoms with E-state index in [2.05, 4.69) is 10.8 Å². The van der Waals surface area contributed by atoms with Crippen molar-refractivity contribution in [3.8, 4) is 0 Å². The van der Waals surface area contributed by atoms with Crippen molar-refractivity contribution in [1.82, 2.24) is 10.8 Å². The Hall–Kier alpha value is 0.520. The lowest BCUT2D eigenvalue weighted by atomic mass is 10.1. The SMILES string of the molecule is ClCC1NOC(C2CCSC2)N1. The highest BCUT2D eigenvalue weighted by Crippen LogP contribution is 2.27. The molecule has 0 aromatic rings. The minimum Gasteiger partial charge on any atom is -0.281 e. The predicted octanol–water partition coefficient (Wildman–Crippen LogP) is 0.755. The van der Waals surface area contributed by atoms with E-state index >= 15 is 0 Å². The molecule has 3 unspecified atom stereocenters. The molecule has 2 aliphatic rings. The summed E-state index contributed by atoms with van der Waals surface area (Å²) >= 11 is 7.67. The van der Waals surface area contributed by atoms with Crippen molar-refractivity contribution >= 4 is 23.4 Å². The normalized spacial score (nSPS) is 42.2. The molecule has 70 valence electrons. The molecule has 0 aliphatic carbocycles. The van der Waals surface area contributed by atoms with E-state index in [4.69, 9.17) is 16.4 Å². The van der Waals surface area contributed by atoms with Crippen molar-refractivity contribution in [3.63, 3.8) is 0 Å². The Morgan fingerprint density at radius 2 is 2.50 bits per heavy atom. The third-order valence-corrected chi connectivity index (χ3v) is 3.75. The van der Waals surface area contributed by atoms with Crippen molar-refractivity contribution in [1.29, 1.82) is 0 Å². The van der Waals surface area contributed by atoms with Crippen molar-refractivity contribution in [2.24, 2.45) is 5.92 Å². The summed E-state index contributed by atoms with van der Waals surface area (Å²) in [6.07, 6.45) is 1.55. The zero-order valence-corrected chi connectivity index (χ0v) is 8.33. The number of hydroxylamine groups is 1.